The van der Waals surface area contributed by atoms with Gasteiger partial charge < -0.3 is 14.5 Å². The first-order valence-electron chi connectivity index (χ1n) is 5.83. The van der Waals surface area contributed by atoms with Gasteiger partial charge in [-0.3, -0.25) is 0 Å². The average Bonchev–Trinajstić information content (AvgIpc) is 2.25. The third-order valence-corrected chi connectivity index (χ3v) is 2.23. The topological polar surface area (TPSA) is 67.9 Å². The molecule has 1 rings (SSSR count). The maximum Gasteiger partial charge on any atom is 0.441 e. The highest BCUT2D eigenvalue weighted by Gasteiger charge is 2.21. The number of carbonyl (C=O) groups excluding carboxylic acids is 2. The summed E-state index contributed by atoms with van der Waals surface area (Å²) in [6, 6.07) is 0. The molecule has 0 unspecified atom stereocenters. The fourth-order valence-corrected chi connectivity index (χ4v) is 1.53. The van der Waals surface area contributed by atoms with Crippen LogP contribution in [0.3, 0.4) is 0 Å². The number of likely N-dealkylation sites (tertiary alicyclic amines) is 1. The normalized spacial score (nSPS) is 16.3. The van der Waals surface area contributed by atoms with Crippen LogP contribution in [0.15, 0.2) is 0 Å². The van der Waals surface area contributed by atoms with Crippen molar-refractivity contribution < 1.29 is 19.2 Å². The van der Waals surface area contributed by atoms with E-state index >= 15 is 0 Å². The Morgan fingerprint density at radius 3 is 2.24 bits per heavy atom. The number of ether oxygens (including phenoxy) is 1. The van der Waals surface area contributed by atoms with E-state index in [0.717, 1.165) is 19.3 Å². The van der Waals surface area contributed by atoms with E-state index in [2.05, 4.69) is 4.84 Å². The number of carbonyl (C=O) groups is 2. The fraction of sp³-hybridized carbons (Fsp3) is 0.818. The maximum absolute atomic E-state index is 11.5. The standard InChI is InChI=1S/C11H20N2O4/c1-11(2,3)16-9(14)12-17-10(15)13-7-5-4-6-8-13/h4-8H2,1-3H3,(H,12,14). The van der Waals surface area contributed by atoms with E-state index in [1.165, 1.54) is 0 Å². The Hall–Kier alpha value is -1.46. The molecule has 1 heterocycles. The quantitative estimate of drug-likeness (QED) is 0.662. The SMILES string of the molecule is CC(C)(C)OC(=O)NOC(=O)N1CCCCC1. The van der Waals surface area contributed by atoms with Gasteiger partial charge in [0.15, 0.2) is 0 Å². The van der Waals surface area contributed by atoms with Gasteiger partial charge in [0.2, 0.25) is 0 Å². The second-order valence-electron chi connectivity index (χ2n) is 5.02. The summed E-state index contributed by atoms with van der Waals surface area (Å²) >= 11 is 0. The predicted octanol–water partition coefficient (Wildman–Crippen LogP) is 2.05. The summed E-state index contributed by atoms with van der Waals surface area (Å²) < 4.78 is 4.93. The lowest BCUT2D eigenvalue weighted by molar-refractivity contribution is 0.00458. The van der Waals surface area contributed by atoms with Crippen molar-refractivity contribution in [2.24, 2.45) is 0 Å². The van der Waals surface area contributed by atoms with Crippen molar-refractivity contribution in [3.63, 3.8) is 0 Å². The van der Waals surface area contributed by atoms with E-state index in [-0.39, 0.29) is 0 Å². The Bertz CT molecular complexity index is 280. The average molecular weight is 244 g/mol. The zero-order valence-corrected chi connectivity index (χ0v) is 10.6. The molecule has 0 spiro atoms. The summed E-state index contributed by atoms with van der Waals surface area (Å²) in [5, 5.41) is 0. The fourth-order valence-electron chi connectivity index (χ4n) is 1.53. The van der Waals surface area contributed by atoms with Crippen molar-refractivity contribution in [1.29, 1.82) is 0 Å². The van der Waals surface area contributed by atoms with Crippen LogP contribution in [0.5, 0.6) is 0 Å². The first-order chi connectivity index (χ1) is 7.88. The highest BCUT2D eigenvalue weighted by Crippen LogP contribution is 2.10. The molecule has 0 aromatic heterocycles. The van der Waals surface area contributed by atoms with E-state index < -0.39 is 17.8 Å². The molecule has 1 fully saturated rings. The van der Waals surface area contributed by atoms with Crippen LogP contribution in [0.1, 0.15) is 40.0 Å². The number of nitrogens with zero attached hydrogens (tertiary/aromatic N) is 1. The van der Waals surface area contributed by atoms with E-state index in [9.17, 15) is 9.59 Å². The van der Waals surface area contributed by atoms with Gasteiger partial charge in [0.1, 0.15) is 5.60 Å². The molecular formula is C11H20N2O4. The number of amides is 2. The van der Waals surface area contributed by atoms with Gasteiger partial charge in [0.25, 0.3) is 0 Å². The Morgan fingerprint density at radius 1 is 1.12 bits per heavy atom. The van der Waals surface area contributed by atoms with Crippen molar-refractivity contribution in [2.45, 2.75) is 45.6 Å². The molecule has 1 N–H and O–H groups in total. The summed E-state index contributed by atoms with van der Waals surface area (Å²) in [5.74, 6) is 0. The van der Waals surface area contributed by atoms with Gasteiger partial charge in [-0.25, -0.2) is 9.59 Å². The minimum atomic E-state index is -0.761. The van der Waals surface area contributed by atoms with E-state index in [0.29, 0.717) is 13.1 Å². The van der Waals surface area contributed by atoms with Crippen LogP contribution < -0.4 is 5.48 Å². The molecule has 1 aliphatic rings. The van der Waals surface area contributed by atoms with Crippen LogP contribution in [-0.2, 0) is 9.57 Å². The minimum absolute atomic E-state index is 0.532. The zero-order chi connectivity index (χ0) is 12.9. The molecule has 0 aliphatic carbocycles. The zero-order valence-electron chi connectivity index (χ0n) is 10.6. The van der Waals surface area contributed by atoms with Gasteiger partial charge in [-0.05, 0) is 40.0 Å². The highest BCUT2D eigenvalue weighted by atomic mass is 16.7. The Labute approximate surface area is 101 Å². The van der Waals surface area contributed by atoms with Gasteiger partial charge in [0.05, 0.1) is 0 Å². The summed E-state index contributed by atoms with van der Waals surface area (Å²) in [6.07, 6.45) is 1.78. The van der Waals surface area contributed by atoms with Crippen molar-refractivity contribution in [3.8, 4) is 0 Å². The number of nitrogens with one attached hydrogen (secondary N) is 1. The molecule has 1 aliphatic heterocycles. The third-order valence-electron chi connectivity index (χ3n) is 2.23. The minimum Gasteiger partial charge on any atom is -0.442 e. The number of piperidine rings is 1. The molecule has 0 saturated carbocycles. The Balaban J connectivity index is 2.25. The van der Waals surface area contributed by atoms with E-state index in [4.69, 9.17) is 4.74 Å². The predicted molar refractivity (Wildman–Crippen MR) is 61.3 cm³/mol. The number of rotatable bonds is 0. The second kappa shape index (κ2) is 5.75. The molecule has 0 aromatic rings. The molecule has 0 atom stereocenters. The maximum atomic E-state index is 11.5. The largest absolute Gasteiger partial charge is 0.442 e. The van der Waals surface area contributed by atoms with Crippen LogP contribution in [0.25, 0.3) is 0 Å². The van der Waals surface area contributed by atoms with Crippen LogP contribution >= 0.6 is 0 Å². The first kappa shape index (κ1) is 13.6. The lowest BCUT2D eigenvalue weighted by Gasteiger charge is -2.25. The molecule has 6 heteroatoms. The van der Waals surface area contributed by atoms with Gasteiger partial charge in [-0.1, -0.05) is 0 Å². The Morgan fingerprint density at radius 2 is 1.71 bits per heavy atom. The van der Waals surface area contributed by atoms with Gasteiger partial charge in [0, 0.05) is 13.1 Å². The summed E-state index contributed by atoms with van der Waals surface area (Å²) in [7, 11) is 0. The molecule has 17 heavy (non-hydrogen) atoms. The van der Waals surface area contributed by atoms with Crippen LogP contribution in [0.4, 0.5) is 9.59 Å². The van der Waals surface area contributed by atoms with E-state index in [1.807, 2.05) is 5.48 Å². The van der Waals surface area contributed by atoms with Gasteiger partial charge in [-0.2, -0.15) is 0 Å². The highest BCUT2D eigenvalue weighted by molar-refractivity contribution is 5.72. The number of hydrogen-bond acceptors (Lipinski definition) is 4. The third kappa shape index (κ3) is 5.42. The monoisotopic (exact) mass is 244 g/mol. The number of hydroxylamine groups is 1. The van der Waals surface area contributed by atoms with Crippen molar-refractivity contribution in [1.82, 2.24) is 10.4 Å². The molecule has 2 amide bonds. The second-order valence-corrected chi connectivity index (χ2v) is 5.02. The number of hydrogen-bond donors (Lipinski definition) is 1. The molecule has 98 valence electrons. The van der Waals surface area contributed by atoms with Crippen molar-refractivity contribution in [2.75, 3.05) is 13.1 Å². The van der Waals surface area contributed by atoms with E-state index in [1.54, 1.807) is 25.7 Å². The molecular weight excluding hydrogens is 224 g/mol. The summed E-state index contributed by atoms with van der Waals surface area (Å²) in [6.45, 7) is 6.56. The first-order valence-corrected chi connectivity index (χ1v) is 5.83. The van der Waals surface area contributed by atoms with Crippen molar-refractivity contribution in [3.05, 3.63) is 0 Å². The van der Waals surface area contributed by atoms with Gasteiger partial charge in [-0.15, -0.1) is 5.48 Å². The van der Waals surface area contributed by atoms with Crippen LogP contribution in [0.2, 0.25) is 0 Å². The molecule has 0 bridgehead atoms. The molecule has 0 aromatic carbocycles. The van der Waals surface area contributed by atoms with Crippen molar-refractivity contribution >= 4 is 12.2 Å². The molecule has 6 nitrogen and oxygen atoms in total. The summed E-state index contributed by atoms with van der Waals surface area (Å²) in [5.41, 5.74) is 1.37. The smallest absolute Gasteiger partial charge is 0.441 e. The lowest BCUT2D eigenvalue weighted by Crippen LogP contribution is -2.41. The molecule has 0 radical (unpaired) electrons. The molecule has 1 saturated heterocycles. The Kier molecular flexibility index (Phi) is 4.60. The lowest BCUT2D eigenvalue weighted by atomic mass is 10.1. The summed E-state index contributed by atoms with van der Waals surface area (Å²) in [4.78, 5) is 28.9. The van der Waals surface area contributed by atoms with Crippen LogP contribution in [-0.4, -0.2) is 35.8 Å². The van der Waals surface area contributed by atoms with Gasteiger partial charge >= 0.3 is 12.2 Å². The van der Waals surface area contributed by atoms with Crippen LogP contribution in [0, 0.1) is 0 Å².